The summed E-state index contributed by atoms with van der Waals surface area (Å²) in [6.07, 6.45) is 3.50. The Kier molecular flexibility index (Phi) is 2.37. The Bertz CT molecular complexity index is 603. The summed E-state index contributed by atoms with van der Waals surface area (Å²) in [4.78, 5) is 6.90. The van der Waals surface area contributed by atoms with Crippen LogP contribution >= 0.6 is 0 Å². The van der Waals surface area contributed by atoms with Gasteiger partial charge in [-0.15, -0.1) is 0 Å². The molecule has 1 aromatic heterocycles. The van der Waals surface area contributed by atoms with Crippen LogP contribution in [0.1, 0.15) is 43.0 Å². The number of anilines is 1. The predicted molar refractivity (Wildman–Crippen MR) is 72.1 cm³/mol. The molecule has 1 fully saturated rings. The van der Waals surface area contributed by atoms with Gasteiger partial charge in [0.15, 0.2) is 5.82 Å². The smallest absolute Gasteiger partial charge is 0.229 e. The van der Waals surface area contributed by atoms with Crippen molar-refractivity contribution in [2.45, 2.75) is 44.7 Å². The molecule has 0 amide bonds. The fourth-order valence-electron chi connectivity index (χ4n) is 2.85. The van der Waals surface area contributed by atoms with Crippen molar-refractivity contribution in [1.29, 1.82) is 0 Å². The zero-order valence-electron chi connectivity index (χ0n) is 11.0. The van der Waals surface area contributed by atoms with Gasteiger partial charge in [0.05, 0.1) is 6.54 Å². The second-order valence-corrected chi connectivity index (χ2v) is 5.63. The van der Waals surface area contributed by atoms with E-state index in [4.69, 9.17) is 4.52 Å². The molecule has 1 atom stereocenters. The van der Waals surface area contributed by atoms with E-state index in [1.807, 2.05) is 0 Å². The van der Waals surface area contributed by atoms with Gasteiger partial charge >= 0.3 is 0 Å². The second kappa shape index (κ2) is 4.08. The van der Waals surface area contributed by atoms with Gasteiger partial charge in [-0.1, -0.05) is 23.4 Å². The molecule has 2 aliphatic rings. The lowest BCUT2D eigenvalue weighted by atomic mass is 10.1. The summed E-state index contributed by atoms with van der Waals surface area (Å²) in [5.74, 6) is 2.17. The number of benzene rings is 1. The Labute approximate surface area is 112 Å². The van der Waals surface area contributed by atoms with Gasteiger partial charge in [0.25, 0.3) is 0 Å². The van der Waals surface area contributed by atoms with Gasteiger partial charge in [0.1, 0.15) is 0 Å². The molecule has 1 saturated carbocycles. The normalized spacial score (nSPS) is 21.7. The first-order valence-corrected chi connectivity index (χ1v) is 6.98. The molecule has 0 unspecified atom stereocenters. The topological polar surface area (TPSA) is 42.2 Å². The molecule has 1 aromatic carbocycles. The van der Waals surface area contributed by atoms with E-state index in [1.165, 1.54) is 24.1 Å². The number of rotatable bonds is 3. The molecule has 0 N–H and O–H groups in total. The van der Waals surface area contributed by atoms with Crippen molar-refractivity contribution in [3.05, 3.63) is 41.5 Å². The van der Waals surface area contributed by atoms with Crippen LogP contribution in [-0.4, -0.2) is 16.2 Å². The fourth-order valence-corrected chi connectivity index (χ4v) is 2.85. The van der Waals surface area contributed by atoms with E-state index in [-0.39, 0.29) is 0 Å². The fraction of sp³-hybridized carbons (Fsp3) is 0.467. The molecule has 4 nitrogen and oxygen atoms in total. The highest BCUT2D eigenvalue weighted by Crippen LogP contribution is 2.39. The van der Waals surface area contributed by atoms with Crippen LogP contribution in [0.5, 0.6) is 0 Å². The molecule has 0 saturated heterocycles. The van der Waals surface area contributed by atoms with Crippen LogP contribution in [0.4, 0.5) is 5.69 Å². The van der Waals surface area contributed by atoms with Gasteiger partial charge in [-0.05, 0) is 37.8 Å². The number of nitrogens with zero attached hydrogens (tertiary/aromatic N) is 3. The maximum atomic E-state index is 5.33. The van der Waals surface area contributed by atoms with Gasteiger partial charge in [0.2, 0.25) is 5.89 Å². The summed E-state index contributed by atoms with van der Waals surface area (Å²) in [6, 6.07) is 9.09. The quantitative estimate of drug-likeness (QED) is 0.845. The monoisotopic (exact) mass is 255 g/mol. The summed E-state index contributed by atoms with van der Waals surface area (Å²) >= 11 is 0. The van der Waals surface area contributed by atoms with Gasteiger partial charge in [-0.25, -0.2) is 0 Å². The van der Waals surface area contributed by atoms with E-state index in [0.29, 0.717) is 12.0 Å². The van der Waals surface area contributed by atoms with Crippen LogP contribution in [0, 0.1) is 0 Å². The van der Waals surface area contributed by atoms with E-state index >= 15 is 0 Å². The summed E-state index contributed by atoms with van der Waals surface area (Å²) < 4.78 is 5.33. The van der Waals surface area contributed by atoms with Crippen molar-refractivity contribution in [3.8, 4) is 0 Å². The largest absolute Gasteiger partial charge is 0.361 e. The highest BCUT2D eigenvalue weighted by molar-refractivity contribution is 5.59. The number of hydrogen-bond acceptors (Lipinski definition) is 4. The Hall–Kier alpha value is -1.84. The first-order chi connectivity index (χ1) is 9.31. The molecule has 19 heavy (non-hydrogen) atoms. The molecule has 2 heterocycles. The molecule has 4 heteroatoms. The molecule has 4 rings (SSSR count). The number of para-hydroxylation sites is 1. The van der Waals surface area contributed by atoms with Crippen molar-refractivity contribution in [1.82, 2.24) is 10.1 Å². The molecular weight excluding hydrogens is 238 g/mol. The van der Waals surface area contributed by atoms with E-state index in [0.717, 1.165) is 24.7 Å². The van der Waals surface area contributed by atoms with E-state index in [9.17, 15) is 0 Å². The average molecular weight is 255 g/mol. The maximum Gasteiger partial charge on any atom is 0.229 e. The van der Waals surface area contributed by atoms with Crippen LogP contribution in [0.25, 0.3) is 0 Å². The SMILES string of the molecule is C[C@@H]1Cc2ccccc2N1Cc1noc(C2CC2)n1. The van der Waals surface area contributed by atoms with Crippen molar-refractivity contribution < 1.29 is 4.52 Å². The Balaban J connectivity index is 1.58. The minimum atomic E-state index is 0.500. The van der Waals surface area contributed by atoms with Gasteiger partial charge in [-0.3, -0.25) is 0 Å². The predicted octanol–water partition coefficient (Wildman–Crippen LogP) is 2.90. The number of hydrogen-bond donors (Lipinski definition) is 0. The van der Waals surface area contributed by atoms with E-state index < -0.39 is 0 Å². The van der Waals surface area contributed by atoms with Crippen molar-refractivity contribution >= 4 is 5.69 Å². The molecule has 1 aliphatic carbocycles. The van der Waals surface area contributed by atoms with Gasteiger partial charge < -0.3 is 9.42 Å². The lowest BCUT2D eigenvalue weighted by molar-refractivity contribution is 0.373. The Morgan fingerprint density at radius 3 is 3.00 bits per heavy atom. The molecule has 0 bridgehead atoms. The first-order valence-electron chi connectivity index (χ1n) is 6.98. The van der Waals surface area contributed by atoms with Crippen LogP contribution in [0.15, 0.2) is 28.8 Å². The molecule has 0 spiro atoms. The zero-order chi connectivity index (χ0) is 12.8. The lowest BCUT2D eigenvalue weighted by Crippen LogP contribution is -2.29. The van der Waals surface area contributed by atoms with Crippen LogP contribution in [0.2, 0.25) is 0 Å². The van der Waals surface area contributed by atoms with Crippen LogP contribution in [-0.2, 0) is 13.0 Å². The summed E-state index contributed by atoms with van der Waals surface area (Å²) in [7, 11) is 0. The third-order valence-corrected chi connectivity index (χ3v) is 4.07. The standard InChI is InChI=1S/C15H17N3O/c1-10-8-12-4-2-3-5-13(12)18(10)9-14-16-15(19-17-14)11-6-7-11/h2-5,10-11H,6-9H2,1H3/t10-/m1/s1. The molecule has 1 aliphatic heterocycles. The lowest BCUT2D eigenvalue weighted by Gasteiger charge is -2.22. The molecule has 0 radical (unpaired) electrons. The zero-order valence-corrected chi connectivity index (χ0v) is 11.0. The highest BCUT2D eigenvalue weighted by Gasteiger charge is 2.31. The summed E-state index contributed by atoms with van der Waals surface area (Å²) in [5.41, 5.74) is 2.73. The van der Waals surface area contributed by atoms with E-state index in [2.05, 4.69) is 46.2 Å². The van der Waals surface area contributed by atoms with Crippen LogP contribution < -0.4 is 4.90 Å². The highest BCUT2D eigenvalue weighted by atomic mass is 16.5. The third-order valence-electron chi connectivity index (χ3n) is 4.07. The van der Waals surface area contributed by atoms with Gasteiger partial charge in [0, 0.05) is 17.6 Å². The maximum absolute atomic E-state index is 5.33. The average Bonchev–Trinajstić information content (AvgIpc) is 3.09. The van der Waals surface area contributed by atoms with Gasteiger partial charge in [-0.2, -0.15) is 4.98 Å². The second-order valence-electron chi connectivity index (χ2n) is 5.63. The van der Waals surface area contributed by atoms with Crippen LogP contribution in [0.3, 0.4) is 0 Å². The Morgan fingerprint density at radius 1 is 1.32 bits per heavy atom. The number of fused-ring (bicyclic) bond motifs is 1. The Morgan fingerprint density at radius 2 is 2.16 bits per heavy atom. The summed E-state index contributed by atoms with van der Waals surface area (Å²) in [5, 5.41) is 4.12. The minimum absolute atomic E-state index is 0.500. The minimum Gasteiger partial charge on any atom is -0.361 e. The molecule has 2 aromatic rings. The first kappa shape index (κ1) is 11.0. The summed E-state index contributed by atoms with van der Waals surface area (Å²) in [6.45, 7) is 3.00. The molecular formula is C15H17N3O. The van der Waals surface area contributed by atoms with Crippen molar-refractivity contribution in [2.75, 3.05) is 4.90 Å². The van der Waals surface area contributed by atoms with Crippen molar-refractivity contribution in [3.63, 3.8) is 0 Å². The van der Waals surface area contributed by atoms with Crippen molar-refractivity contribution in [2.24, 2.45) is 0 Å². The third kappa shape index (κ3) is 1.91. The number of aromatic nitrogens is 2. The molecule has 98 valence electrons. The van der Waals surface area contributed by atoms with E-state index in [1.54, 1.807) is 0 Å².